The van der Waals surface area contributed by atoms with Gasteiger partial charge in [-0.25, -0.2) is 4.79 Å². The van der Waals surface area contributed by atoms with Gasteiger partial charge in [0.15, 0.2) is 0 Å². The summed E-state index contributed by atoms with van der Waals surface area (Å²) in [6.45, 7) is 0.188. The molecule has 0 aromatic heterocycles. The first kappa shape index (κ1) is 22.9. The number of carboxylic acids is 1. The predicted octanol–water partition coefficient (Wildman–Crippen LogP) is 3.84. The molecule has 2 aromatic rings. The number of carbonyl (C=O) groups excluding carboxylic acids is 2. The van der Waals surface area contributed by atoms with Crippen LogP contribution in [0.15, 0.2) is 42.5 Å². The third-order valence-electron chi connectivity index (χ3n) is 5.75. The molecule has 174 valence electrons. The molecule has 9 nitrogen and oxygen atoms in total. The second kappa shape index (κ2) is 9.68. The lowest BCUT2D eigenvalue weighted by Crippen LogP contribution is -2.53. The summed E-state index contributed by atoms with van der Waals surface area (Å²) in [6.07, 6.45) is 0.252. The number of urea groups is 1. The number of ether oxygens (including phenoxy) is 2. The Bertz CT molecular complexity index is 1080. The SMILES string of the molecule is CN1C(=O)c2cc(NC(=O)Nc3cccc(Cl)c3)ccc2OC[C@H]2O[C@H](CC(=O)O)CC[C@H]21. The fraction of sp³-hybridized carbons (Fsp3) is 0.348. The van der Waals surface area contributed by atoms with E-state index in [4.69, 9.17) is 26.2 Å². The maximum Gasteiger partial charge on any atom is 0.323 e. The molecule has 1 fully saturated rings. The molecule has 2 heterocycles. The number of halogens is 1. The monoisotopic (exact) mass is 473 g/mol. The minimum Gasteiger partial charge on any atom is -0.490 e. The quantitative estimate of drug-likeness (QED) is 0.621. The molecule has 0 aliphatic carbocycles. The molecule has 0 spiro atoms. The molecule has 2 aliphatic rings. The number of hydrogen-bond donors (Lipinski definition) is 3. The Kier molecular flexibility index (Phi) is 6.71. The molecule has 10 heteroatoms. The Morgan fingerprint density at radius 1 is 1.15 bits per heavy atom. The van der Waals surface area contributed by atoms with Gasteiger partial charge in [0.05, 0.1) is 24.1 Å². The number of aliphatic carboxylic acids is 1. The van der Waals surface area contributed by atoms with Crippen LogP contribution in [0.25, 0.3) is 0 Å². The summed E-state index contributed by atoms with van der Waals surface area (Å²) in [5.74, 6) is -0.812. The van der Waals surface area contributed by atoms with Crippen molar-refractivity contribution in [3.05, 3.63) is 53.1 Å². The number of hydrogen-bond acceptors (Lipinski definition) is 5. The second-order valence-corrected chi connectivity index (χ2v) is 8.50. The van der Waals surface area contributed by atoms with E-state index in [1.165, 1.54) is 0 Å². The van der Waals surface area contributed by atoms with Gasteiger partial charge in [0.2, 0.25) is 0 Å². The van der Waals surface area contributed by atoms with Crippen LogP contribution in [0, 0.1) is 0 Å². The van der Waals surface area contributed by atoms with E-state index in [0.717, 1.165) is 0 Å². The number of benzene rings is 2. The highest BCUT2D eigenvalue weighted by Crippen LogP contribution is 2.32. The van der Waals surface area contributed by atoms with Crippen molar-refractivity contribution < 1.29 is 29.0 Å². The van der Waals surface area contributed by atoms with E-state index in [1.807, 2.05) is 0 Å². The Balaban J connectivity index is 1.48. The van der Waals surface area contributed by atoms with Crippen molar-refractivity contribution in [3.8, 4) is 5.75 Å². The summed E-state index contributed by atoms with van der Waals surface area (Å²) in [5.41, 5.74) is 1.29. The van der Waals surface area contributed by atoms with Crippen LogP contribution in [0.4, 0.5) is 16.2 Å². The molecule has 1 saturated heterocycles. The van der Waals surface area contributed by atoms with Crippen LogP contribution in [-0.4, -0.2) is 59.8 Å². The van der Waals surface area contributed by atoms with E-state index in [0.29, 0.717) is 40.6 Å². The maximum absolute atomic E-state index is 13.2. The fourth-order valence-electron chi connectivity index (χ4n) is 4.16. The Labute approximate surface area is 195 Å². The summed E-state index contributed by atoms with van der Waals surface area (Å²) < 4.78 is 11.8. The Hall–Kier alpha value is -3.30. The zero-order valence-electron chi connectivity index (χ0n) is 17.9. The topological polar surface area (TPSA) is 117 Å². The maximum atomic E-state index is 13.2. The Morgan fingerprint density at radius 3 is 2.64 bits per heavy atom. The summed E-state index contributed by atoms with van der Waals surface area (Å²) in [4.78, 5) is 38.2. The average Bonchev–Trinajstić information content (AvgIpc) is 2.76. The van der Waals surface area contributed by atoms with Crippen molar-refractivity contribution in [1.29, 1.82) is 0 Å². The molecule has 0 radical (unpaired) electrons. The first-order valence-electron chi connectivity index (χ1n) is 10.5. The van der Waals surface area contributed by atoms with E-state index in [-0.39, 0.29) is 25.0 Å². The van der Waals surface area contributed by atoms with Gasteiger partial charge in [-0.1, -0.05) is 17.7 Å². The third-order valence-corrected chi connectivity index (χ3v) is 5.99. The largest absolute Gasteiger partial charge is 0.490 e. The summed E-state index contributed by atoms with van der Waals surface area (Å²) in [5, 5.41) is 15.0. The van der Waals surface area contributed by atoms with Gasteiger partial charge in [0.25, 0.3) is 5.91 Å². The normalized spacial score (nSPS) is 22.2. The smallest absolute Gasteiger partial charge is 0.323 e. The molecular formula is C23H24ClN3O6. The molecule has 4 rings (SSSR count). The van der Waals surface area contributed by atoms with Crippen molar-refractivity contribution in [3.63, 3.8) is 0 Å². The second-order valence-electron chi connectivity index (χ2n) is 8.07. The minimum atomic E-state index is -0.917. The van der Waals surface area contributed by atoms with Crippen molar-refractivity contribution in [1.82, 2.24) is 4.90 Å². The molecule has 3 N–H and O–H groups in total. The van der Waals surface area contributed by atoms with E-state index in [1.54, 1.807) is 54.4 Å². The standard InChI is InChI=1S/C23H24ClN3O6/c1-27-18-7-6-16(11-21(28)29)33-20(18)12-32-19-8-5-15(10-17(19)22(27)30)26-23(31)25-14-4-2-3-13(24)9-14/h2-5,8-10,16,18,20H,6-7,11-12H2,1H3,(H,28,29)(H2,25,26,31)/t16-,18+,20+/m0/s1. The van der Waals surface area contributed by atoms with Crippen LogP contribution in [0.2, 0.25) is 5.02 Å². The third kappa shape index (κ3) is 5.37. The first-order chi connectivity index (χ1) is 15.8. The lowest BCUT2D eigenvalue weighted by Gasteiger charge is -2.42. The number of nitrogens with zero attached hydrogens (tertiary/aromatic N) is 1. The summed E-state index contributed by atoms with van der Waals surface area (Å²) >= 11 is 5.94. The van der Waals surface area contributed by atoms with Crippen LogP contribution >= 0.6 is 11.6 Å². The van der Waals surface area contributed by atoms with Crippen LogP contribution in [0.5, 0.6) is 5.75 Å². The molecule has 3 atom stereocenters. The number of anilines is 2. The number of carboxylic acid groups (broad SMARTS) is 1. The van der Waals surface area contributed by atoms with Gasteiger partial charge >= 0.3 is 12.0 Å². The average molecular weight is 474 g/mol. The van der Waals surface area contributed by atoms with Crippen molar-refractivity contribution in [2.24, 2.45) is 0 Å². The summed E-state index contributed by atoms with van der Waals surface area (Å²) in [7, 11) is 1.70. The van der Waals surface area contributed by atoms with Crippen LogP contribution < -0.4 is 15.4 Å². The van der Waals surface area contributed by atoms with Crippen LogP contribution in [-0.2, 0) is 9.53 Å². The predicted molar refractivity (Wildman–Crippen MR) is 122 cm³/mol. The lowest BCUT2D eigenvalue weighted by molar-refractivity contribution is -0.148. The highest BCUT2D eigenvalue weighted by Gasteiger charge is 2.39. The number of nitrogens with one attached hydrogen (secondary N) is 2. The first-order valence-corrected chi connectivity index (χ1v) is 10.9. The van der Waals surface area contributed by atoms with Gasteiger partial charge in [0, 0.05) is 23.4 Å². The number of fused-ring (bicyclic) bond motifs is 2. The zero-order chi connectivity index (χ0) is 23.5. The molecule has 2 aliphatic heterocycles. The molecule has 33 heavy (non-hydrogen) atoms. The molecule has 3 amide bonds. The van der Waals surface area contributed by atoms with Crippen LogP contribution in [0.3, 0.4) is 0 Å². The number of amides is 3. The van der Waals surface area contributed by atoms with Gasteiger partial charge in [-0.3, -0.25) is 9.59 Å². The molecule has 0 saturated carbocycles. The number of carbonyl (C=O) groups is 3. The molecular weight excluding hydrogens is 450 g/mol. The van der Waals surface area contributed by atoms with Gasteiger partial charge in [-0.15, -0.1) is 0 Å². The van der Waals surface area contributed by atoms with E-state index >= 15 is 0 Å². The van der Waals surface area contributed by atoms with E-state index in [2.05, 4.69) is 10.6 Å². The highest BCUT2D eigenvalue weighted by molar-refractivity contribution is 6.30. The minimum absolute atomic E-state index is 0.0796. The van der Waals surface area contributed by atoms with Crippen molar-refractivity contribution >= 4 is 40.9 Å². The number of likely N-dealkylation sites (N-methyl/N-ethyl adjacent to an activating group) is 1. The molecule has 0 bridgehead atoms. The lowest BCUT2D eigenvalue weighted by atomic mass is 9.94. The van der Waals surface area contributed by atoms with Gasteiger partial charge in [-0.2, -0.15) is 0 Å². The Morgan fingerprint density at radius 2 is 1.91 bits per heavy atom. The van der Waals surface area contributed by atoms with E-state index < -0.39 is 24.2 Å². The van der Waals surface area contributed by atoms with Crippen LogP contribution in [0.1, 0.15) is 29.6 Å². The van der Waals surface area contributed by atoms with E-state index in [9.17, 15) is 14.4 Å². The van der Waals surface area contributed by atoms with Crippen molar-refractivity contribution in [2.75, 3.05) is 24.3 Å². The fourth-order valence-corrected chi connectivity index (χ4v) is 4.35. The molecule has 2 aromatic carbocycles. The highest BCUT2D eigenvalue weighted by atomic mass is 35.5. The summed E-state index contributed by atoms with van der Waals surface area (Å²) in [6, 6.07) is 10.9. The zero-order valence-corrected chi connectivity index (χ0v) is 18.7. The van der Waals surface area contributed by atoms with Gasteiger partial charge in [0.1, 0.15) is 18.5 Å². The van der Waals surface area contributed by atoms with Crippen molar-refractivity contribution in [2.45, 2.75) is 37.5 Å². The molecule has 0 unspecified atom stereocenters. The number of rotatable bonds is 4. The van der Waals surface area contributed by atoms with Gasteiger partial charge in [-0.05, 0) is 49.2 Å². The van der Waals surface area contributed by atoms with Gasteiger partial charge < -0.3 is 30.1 Å².